The van der Waals surface area contributed by atoms with Gasteiger partial charge in [-0.05, 0) is 135 Å². The van der Waals surface area contributed by atoms with E-state index in [0.29, 0.717) is 12.8 Å². The number of allylic oxidation sites excluding steroid dienone is 2. The third-order valence-corrected chi connectivity index (χ3v) is 9.83. The Morgan fingerprint density at radius 2 is 1.11 bits per heavy atom. The lowest BCUT2D eigenvalue weighted by Crippen LogP contribution is -2.22. The fourth-order valence-corrected chi connectivity index (χ4v) is 7.03. The molecular formula is C45H52F6N2. The molecule has 2 aliphatic rings. The number of fused-ring (bicyclic) bond motifs is 2. The zero-order chi connectivity index (χ0) is 37.1. The zero-order valence-electron chi connectivity index (χ0n) is 29.9. The van der Waals surface area contributed by atoms with E-state index in [-0.39, 0.29) is 19.5 Å². The quantitative estimate of drug-likeness (QED) is 0.112. The molecule has 0 spiro atoms. The second-order valence-corrected chi connectivity index (χ2v) is 13.7. The number of rotatable bonds is 12. The molecule has 4 aromatic rings. The average Bonchev–Trinajstić information content (AvgIpc) is 3.14. The summed E-state index contributed by atoms with van der Waals surface area (Å²) in [6.45, 7) is 5.84. The smallest absolute Gasteiger partial charge is 0.310 e. The molecule has 6 rings (SSSR count). The minimum Gasteiger partial charge on any atom is -0.310 e. The van der Waals surface area contributed by atoms with Crippen LogP contribution >= 0.6 is 0 Å². The van der Waals surface area contributed by atoms with E-state index in [1.165, 1.54) is 57.6 Å². The van der Waals surface area contributed by atoms with E-state index in [1.54, 1.807) is 12.1 Å². The van der Waals surface area contributed by atoms with Crippen LogP contribution in [0.3, 0.4) is 0 Å². The third kappa shape index (κ3) is 11.9. The molecule has 0 aliphatic heterocycles. The van der Waals surface area contributed by atoms with Crippen LogP contribution in [0.5, 0.6) is 0 Å². The summed E-state index contributed by atoms with van der Waals surface area (Å²) in [6.07, 6.45) is 7.46. The Hall–Kier alpha value is -4.14. The fourth-order valence-electron chi connectivity index (χ4n) is 7.03. The summed E-state index contributed by atoms with van der Waals surface area (Å²) in [7, 11) is 0. The second kappa shape index (κ2) is 19.3. The van der Waals surface area contributed by atoms with Crippen LogP contribution in [0.4, 0.5) is 26.3 Å². The second-order valence-electron chi connectivity index (χ2n) is 13.7. The number of aryl methyl sites for hydroxylation is 3. The monoisotopic (exact) mass is 734 g/mol. The van der Waals surface area contributed by atoms with Gasteiger partial charge in [-0.15, -0.1) is 0 Å². The predicted molar refractivity (Wildman–Crippen MR) is 207 cm³/mol. The molecule has 2 atom stereocenters. The fraction of sp³-hybridized carbons (Fsp3) is 0.378. The van der Waals surface area contributed by atoms with Crippen molar-refractivity contribution in [3.8, 4) is 0 Å². The Bertz CT molecular complexity index is 1820. The van der Waals surface area contributed by atoms with Crippen LogP contribution in [-0.2, 0) is 38.0 Å². The Balaban J connectivity index is 0.000000232. The first kappa shape index (κ1) is 41.6. The maximum atomic E-state index is 12.8. The number of hydrogen-bond donors (Lipinski definition) is 2. The molecule has 2 aliphatic carbocycles. The largest absolute Gasteiger partial charge is 0.416 e. The first-order chi connectivity index (χ1) is 24.9. The van der Waals surface area contributed by atoms with Crippen LogP contribution in [0, 0.1) is 0 Å². The number of nitrogens with one attached hydrogen (secondary N) is 2. The highest BCUT2D eigenvalue weighted by Gasteiger charge is 2.31. The van der Waals surface area contributed by atoms with E-state index < -0.39 is 23.5 Å². The predicted octanol–water partition coefficient (Wildman–Crippen LogP) is 12.5. The number of alkyl halides is 6. The Morgan fingerprint density at radius 1 is 0.604 bits per heavy atom. The average molecular weight is 735 g/mol. The minimum atomic E-state index is -4.28. The summed E-state index contributed by atoms with van der Waals surface area (Å²) in [6, 6.07) is 24.5. The van der Waals surface area contributed by atoms with Gasteiger partial charge in [0.25, 0.3) is 0 Å². The SMILES string of the molecule is C.C[C@@H](NCCCc1cccc(C(F)(F)F)c1)c1cccc2c1C=CCC2.C[C@@H](NCCCc1cccc(C(F)(F)F)c1)c1cccc2c1CCC=C2. The highest BCUT2D eigenvalue weighted by molar-refractivity contribution is 5.61. The van der Waals surface area contributed by atoms with E-state index in [1.807, 2.05) is 0 Å². The van der Waals surface area contributed by atoms with E-state index in [0.717, 1.165) is 74.9 Å². The molecule has 0 saturated heterocycles. The van der Waals surface area contributed by atoms with Crippen molar-refractivity contribution in [3.63, 3.8) is 0 Å². The third-order valence-electron chi connectivity index (χ3n) is 9.83. The van der Waals surface area contributed by atoms with Gasteiger partial charge < -0.3 is 10.6 Å². The van der Waals surface area contributed by atoms with Crippen molar-refractivity contribution in [3.05, 3.63) is 153 Å². The summed E-state index contributed by atoms with van der Waals surface area (Å²) < 4.78 is 76.6. The van der Waals surface area contributed by atoms with Crippen LogP contribution in [0.2, 0.25) is 0 Å². The number of benzene rings is 4. The highest BCUT2D eigenvalue weighted by atomic mass is 19.4. The first-order valence-corrected chi connectivity index (χ1v) is 18.3. The van der Waals surface area contributed by atoms with Crippen molar-refractivity contribution < 1.29 is 26.3 Å². The molecule has 0 fully saturated rings. The van der Waals surface area contributed by atoms with E-state index in [4.69, 9.17) is 0 Å². The highest BCUT2D eigenvalue weighted by Crippen LogP contribution is 2.32. The van der Waals surface area contributed by atoms with Crippen molar-refractivity contribution in [2.24, 2.45) is 0 Å². The van der Waals surface area contributed by atoms with Gasteiger partial charge in [-0.1, -0.05) is 105 Å². The lowest BCUT2D eigenvalue weighted by Gasteiger charge is -2.21. The van der Waals surface area contributed by atoms with Gasteiger partial charge in [-0.3, -0.25) is 0 Å². The van der Waals surface area contributed by atoms with Gasteiger partial charge in [0.2, 0.25) is 0 Å². The zero-order valence-corrected chi connectivity index (χ0v) is 29.9. The van der Waals surface area contributed by atoms with Crippen molar-refractivity contribution in [2.45, 2.75) is 97.1 Å². The van der Waals surface area contributed by atoms with E-state index in [9.17, 15) is 26.3 Å². The Labute approximate surface area is 311 Å². The molecule has 0 heterocycles. The first-order valence-electron chi connectivity index (χ1n) is 18.3. The van der Waals surface area contributed by atoms with E-state index >= 15 is 0 Å². The molecule has 0 aromatic heterocycles. The van der Waals surface area contributed by atoms with Gasteiger partial charge in [0.05, 0.1) is 11.1 Å². The summed E-state index contributed by atoms with van der Waals surface area (Å²) in [5.74, 6) is 0. The summed E-state index contributed by atoms with van der Waals surface area (Å²) >= 11 is 0. The summed E-state index contributed by atoms with van der Waals surface area (Å²) in [4.78, 5) is 0. The standard InChI is InChI=1S/2C22H24F3N.CH4/c2*1-16(20-13-5-10-18-9-2-3-12-21(18)20)26-14-6-8-17-7-4-11-19(15-17)22(23,24)25;/h3-5,7,10-13,15-16,26H,2,6,8-9,14H2,1H3;2,4-5,7,9-11,13,15-16,26H,3,6,8,12,14H2,1H3;1H4/t2*16-;/m11./s1. The molecular weight excluding hydrogens is 682 g/mol. The summed E-state index contributed by atoms with van der Waals surface area (Å²) in [5.41, 5.74) is 8.35. The van der Waals surface area contributed by atoms with Gasteiger partial charge in [-0.25, -0.2) is 0 Å². The molecule has 0 unspecified atom stereocenters. The molecule has 2 nitrogen and oxygen atoms in total. The van der Waals surface area contributed by atoms with Crippen molar-refractivity contribution in [1.29, 1.82) is 0 Å². The normalized spacial score (nSPS) is 14.6. The van der Waals surface area contributed by atoms with Crippen molar-refractivity contribution in [1.82, 2.24) is 10.6 Å². The van der Waals surface area contributed by atoms with Crippen molar-refractivity contribution in [2.75, 3.05) is 13.1 Å². The molecule has 284 valence electrons. The number of hydrogen-bond acceptors (Lipinski definition) is 2. The van der Waals surface area contributed by atoms with Crippen LogP contribution in [0.25, 0.3) is 12.2 Å². The molecule has 0 amide bonds. The summed E-state index contributed by atoms with van der Waals surface area (Å²) in [5, 5.41) is 7.03. The molecule has 0 radical (unpaired) electrons. The Kier molecular flexibility index (Phi) is 15.1. The topological polar surface area (TPSA) is 24.1 Å². The lowest BCUT2D eigenvalue weighted by molar-refractivity contribution is -0.138. The molecule has 0 bridgehead atoms. The van der Waals surface area contributed by atoms with Crippen LogP contribution in [0.15, 0.2) is 97.1 Å². The van der Waals surface area contributed by atoms with Crippen LogP contribution in [-0.4, -0.2) is 13.1 Å². The molecule has 53 heavy (non-hydrogen) atoms. The minimum absolute atomic E-state index is 0. The van der Waals surface area contributed by atoms with Gasteiger partial charge >= 0.3 is 12.4 Å². The molecule has 0 saturated carbocycles. The maximum Gasteiger partial charge on any atom is 0.416 e. The Morgan fingerprint density at radius 3 is 1.72 bits per heavy atom. The number of halogens is 6. The molecule has 8 heteroatoms. The molecule has 4 aromatic carbocycles. The molecule has 2 N–H and O–H groups in total. The van der Waals surface area contributed by atoms with Gasteiger partial charge in [0.15, 0.2) is 0 Å². The van der Waals surface area contributed by atoms with Gasteiger partial charge in [0, 0.05) is 12.1 Å². The van der Waals surface area contributed by atoms with Crippen LogP contribution in [0.1, 0.15) is 115 Å². The van der Waals surface area contributed by atoms with Gasteiger partial charge in [-0.2, -0.15) is 26.3 Å². The van der Waals surface area contributed by atoms with Crippen LogP contribution < -0.4 is 10.6 Å². The lowest BCUT2D eigenvalue weighted by atomic mass is 9.90. The van der Waals surface area contributed by atoms with Crippen molar-refractivity contribution >= 4 is 12.2 Å². The van der Waals surface area contributed by atoms with E-state index in [2.05, 4.69) is 85.2 Å². The van der Waals surface area contributed by atoms with Gasteiger partial charge in [0.1, 0.15) is 0 Å². The maximum absolute atomic E-state index is 12.8.